The van der Waals surface area contributed by atoms with Crippen LogP contribution in [0.25, 0.3) is 137 Å². The molecule has 0 fully saturated rings. The Bertz CT molecular complexity index is 4670. The lowest BCUT2D eigenvalue weighted by molar-refractivity contribution is 1.16. The monoisotopic (exact) mass is 868 g/mol. The largest absolute Gasteiger partial charge is 0.354 e. The summed E-state index contributed by atoms with van der Waals surface area (Å²) in [6.45, 7) is 0. The molecule has 0 bridgehead atoms. The molecule has 0 saturated carbocycles. The molecule has 11 aromatic carbocycles. The Morgan fingerprint density at radius 2 is 0.896 bits per heavy atom. The second-order valence-corrected chi connectivity index (χ2v) is 19.5. The Kier molecular flexibility index (Phi) is 7.01. The van der Waals surface area contributed by atoms with Crippen LogP contribution >= 0.6 is 8.58 Å². The molecule has 15 aromatic rings. The summed E-state index contributed by atoms with van der Waals surface area (Å²) < 4.78 is 7.58. The van der Waals surface area contributed by atoms with Gasteiger partial charge in [-0.3, -0.25) is 0 Å². The molecular formula is C62H37N4P. The van der Waals surface area contributed by atoms with Gasteiger partial charge in [0.2, 0.25) is 0 Å². The highest BCUT2D eigenvalue weighted by Gasteiger charge is 2.28. The van der Waals surface area contributed by atoms with Crippen molar-refractivity contribution in [3.8, 4) is 28.2 Å². The number of hydrogen-bond acceptors (Lipinski definition) is 0. The summed E-state index contributed by atoms with van der Waals surface area (Å²) >= 11 is 0. The van der Waals surface area contributed by atoms with E-state index in [-0.39, 0.29) is 0 Å². The van der Waals surface area contributed by atoms with Crippen LogP contribution < -0.4 is 10.6 Å². The van der Waals surface area contributed by atoms with Gasteiger partial charge < -0.3 is 18.7 Å². The van der Waals surface area contributed by atoms with Gasteiger partial charge >= 0.3 is 0 Å². The van der Waals surface area contributed by atoms with Crippen LogP contribution in [-0.4, -0.2) is 18.7 Å². The van der Waals surface area contributed by atoms with E-state index in [1.165, 1.54) is 142 Å². The van der Waals surface area contributed by atoms with Gasteiger partial charge in [-0.25, -0.2) is 0 Å². The third-order valence-electron chi connectivity index (χ3n) is 14.8. The molecular weight excluding hydrogens is 832 g/mol. The molecule has 4 nitrogen and oxygen atoms in total. The fourth-order valence-electron chi connectivity index (χ4n) is 11.9. The summed E-state index contributed by atoms with van der Waals surface area (Å²) in [5.74, 6) is 0. The molecule has 1 unspecified atom stereocenters. The first kappa shape index (κ1) is 35.9. The molecule has 0 spiro atoms. The number of benzene rings is 11. The van der Waals surface area contributed by atoms with E-state index >= 15 is 0 Å². The number of nitrogens with zero attached hydrogens (tertiary/aromatic N) is 3. The molecule has 1 atom stereocenters. The van der Waals surface area contributed by atoms with Gasteiger partial charge in [-0.15, -0.1) is 0 Å². The van der Waals surface area contributed by atoms with Gasteiger partial charge in [0, 0.05) is 76.2 Å². The van der Waals surface area contributed by atoms with Crippen LogP contribution in [0.5, 0.6) is 0 Å². The van der Waals surface area contributed by atoms with Crippen LogP contribution in [0.1, 0.15) is 0 Å². The lowest BCUT2D eigenvalue weighted by Crippen LogP contribution is -2.21. The molecule has 310 valence electrons. The van der Waals surface area contributed by atoms with Gasteiger partial charge in [0.25, 0.3) is 0 Å². The van der Waals surface area contributed by atoms with Crippen molar-refractivity contribution in [1.29, 1.82) is 0 Å². The first-order valence-corrected chi connectivity index (χ1v) is 24.1. The first-order valence-electron chi connectivity index (χ1n) is 23.1. The molecule has 5 heteroatoms. The number of nitrogens with one attached hydrogen (secondary N) is 1. The number of hydrogen-bond donors (Lipinski definition) is 1. The number of fused-ring (bicyclic) bond motifs is 17. The van der Waals surface area contributed by atoms with E-state index in [0.29, 0.717) is 8.58 Å². The normalized spacial score (nSPS) is 13.1. The Labute approximate surface area is 385 Å². The smallest absolute Gasteiger partial charge is 0.0789 e. The van der Waals surface area contributed by atoms with Gasteiger partial charge in [-0.2, -0.15) is 0 Å². The predicted molar refractivity (Wildman–Crippen MR) is 287 cm³/mol. The van der Waals surface area contributed by atoms with E-state index in [2.05, 4.69) is 231 Å². The van der Waals surface area contributed by atoms with Crippen molar-refractivity contribution in [3.63, 3.8) is 0 Å². The standard InChI is InChI=1S/C62H37N4P/c1-3-14-38-32-40(28-26-36(38)12-1)64-53-22-7-6-17-43(53)51-34-52-50(35-56(51)64)45-19-9-18-44(58(45)63-52)49-21-10-24-55-62(49)67-57-25-11-20-46-48-31-30-47-42-16-5-8-23-54(42)65(60(47)61(48)66(55)59(46)57)41-29-27-37-13-2-4-15-39(37)33-41/h1-35,63,67H. The number of aromatic amines is 1. The number of aromatic nitrogens is 4. The van der Waals surface area contributed by atoms with Crippen LogP contribution in [0.3, 0.4) is 0 Å². The van der Waals surface area contributed by atoms with Gasteiger partial charge in [-0.05, 0) is 81.7 Å². The van der Waals surface area contributed by atoms with Crippen LogP contribution in [0.15, 0.2) is 212 Å². The highest BCUT2D eigenvalue weighted by Crippen LogP contribution is 2.46. The maximum Gasteiger partial charge on any atom is 0.0789 e. The van der Waals surface area contributed by atoms with Crippen molar-refractivity contribution in [2.75, 3.05) is 0 Å². The summed E-state index contributed by atoms with van der Waals surface area (Å²) in [5.41, 5.74) is 15.9. The second kappa shape index (κ2) is 13.1. The number of H-pyrrole nitrogens is 1. The van der Waals surface area contributed by atoms with E-state index in [9.17, 15) is 0 Å². The zero-order valence-electron chi connectivity index (χ0n) is 36.0. The van der Waals surface area contributed by atoms with Gasteiger partial charge in [-0.1, -0.05) is 166 Å². The Hall–Kier alpha value is -8.43. The quantitative estimate of drug-likeness (QED) is 0.172. The summed E-state index contributed by atoms with van der Waals surface area (Å²) in [6, 6.07) is 79.2. The minimum absolute atomic E-state index is 0.494. The first-order chi connectivity index (χ1) is 33.2. The molecule has 16 rings (SSSR count). The third kappa shape index (κ3) is 4.79. The number of para-hydroxylation sites is 4. The maximum atomic E-state index is 4.01. The Balaban J connectivity index is 0.949. The van der Waals surface area contributed by atoms with Gasteiger partial charge in [0.05, 0.1) is 44.3 Å². The lowest BCUT2D eigenvalue weighted by Gasteiger charge is -2.24. The summed E-state index contributed by atoms with van der Waals surface area (Å²) in [5, 5.41) is 17.8. The molecule has 0 amide bonds. The molecule has 0 saturated heterocycles. The molecule has 1 aliphatic rings. The fraction of sp³-hybridized carbons (Fsp3) is 0. The van der Waals surface area contributed by atoms with Crippen LogP contribution in [0.2, 0.25) is 0 Å². The SMILES string of the molecule is c1cc(-c2cccc3c2[nH]c2cc4c5ccccc5n(-c5ccc6ccccc6c5)c4cc23)c2c(c1)-n1c3c(cccc3c3ccc4c5ccccc5n(-c5ccc6ccccc6c5)c4c31)P2. The van der Waals surface area contributed by atoms with Crippen molar-refractivity contribution in [3.05, 3.63) is 212 Å². The van der Waals surface area contributed by atoms with E-state index in [1.54, 1.807) is 0 Å². The van der Waals surface area contributed by atoms with E-state index in [0.717, 1.165) is 5.52 Å². The zero-order valence-corrected chi connectivity index (χ0v) is 37.0. The Morgan fingerprint density at radius 3 is 1.67 bits per heavy atom. The van der Waals surface area contributed by atoms with Crippen molar-refractivity contribution < 1.29 is 0 Å². The summed E-state index contributed by atoms with van der Waals surface area (Å²) in [6.07, 6.45) is 0. The molecule has 4 aromatic heterocycles. The van der Waals surface area contributed by atoms with E-state index < -0.39 is 0 Å². The lowest BCUT2D eigenvalue weighted by atomic mass is 10.0. The topological polar surface area (TPSA) is 30.6 Å². The molecule has 5 heterocycles. The molecule has 67 heavy (non-hydrogen) atoms. The third-order valence-corrected chi connectivity index (χ3v) is 16.3. The molecule has 0 radical (unpaired) electrons. The maximum absolute atomic E-state index is 4.01. The van der Waals surface area contributed by atoms with Crippen LogP contribution in [0.4, 0.5) is 0 Å². The second-order valence-electron chi connectivity index (χ2n) is 18.3. The van der Waals surface area contributed by atoms with E-state index in [4.69, 9.17) is 0 Å². The summed E-state index contributed by atoms with van der Waals surface area (Å²) in [7, 11) is 0.494. The van der Waals surface area contributed by atoms with Crippen LogP contribution in [-0.2, 0) is 0 Å². The highest BCUT2D eigenvalue weighted by atomic mass is 31.1. The summed E-state index contributed by atoms with van der Waals surface area (Å²) in [4.78, 5) is 4.01. The average molecular weight is 869 g/mol. The van der Waals surface area contributed by atoms with Crippen molar-refractivity contribution in [1.82, 2.24) is 18.7 Å². The highest BCUT2D eigenvalue weighted by molar-refractivity contribution is 7.57. The van der Waals surface area contributed by atoms with Gasteiger partial charge in [0.15, 0.2) is 0 Å². The minimum Gasteiger partial charge on any atom is -0.354 e. The molecule has 0 aliphatic carbocycles. The van der Waals surface area contributed by atoms with Crippen molar-refractivity contribution in [2.24, 2.45) is 0 Å². The van der Waals surface area contributed by atoms with Crippen LogP contribution in [0, 0.1) is 0 Å². The van der Waals surface area contributed by atoms with E-state index in [1.807, 2.05) is 0 Å². The Morgan fingerprint density at radius 1 is 0.328 bits per heavy atom. The van der Waals surface area contributed by atoms with Gasteiger partial charge in [0.1, 0.15) is 0 Å². The van der Waals surface area contributed by atoms with Crippen molar-refractivity contribution in [2.45, 2.75) is 0 Å². The fourth-order valence-corrected chi connectivity index (χ4v) is 13.4. The predicted octanol–water partition coefficient (Wildman–Crippen LogP) is 15.5. The average Bonchev–Trinajstić information content (AvgIpc) is 4.12. The van der Waals surface area contributed by atoms with Crippen molar-refractivity contribution >= 4 is 128 Å². The minimum atomic E-state index is 0.494. The zero-order chi connectivity index (χ0) is 43.5. The molecule has 1 N–H and O–H groups in total. The number of rotatable bonds is 3. The molecule has 1 aliphatic heterocycles.